The number of nitrogens with one attached hydrogen (secondary N) is 2. The van der Waals surface area contributed by atoms with E-state index in [-0.39, 0.29) is 10.6 Å². The van der Waals surface area contributed by atoms with Crippen LogP contribution < -0.4 is 19.5 Å². The molecule has 0 fully saturated rings. The van der Waals surface area contributed by atoms with Gasteiger partial charge in [-0.25, -0.2) is 8.42 Å². The number of alkyl halides is 3. The van der Waals surface area contributed by atoms with Crippen LogP contribution in [-0.2, 0) is 21.0 Å². The van der Waals surface area contributed by atoms with Gasteiger partial charge in [0.15, 0.2) is 6.10 Å². The van der Waals surface area contributed by atoms with Crippen LogP contribution in [0.3, 0.4) is 0 Å². The molecule has 0 aliphatic carbocycles. The smallest absolute Gasteiger partial charge is 0.417 e. The van der Waals surface area contributed by atoms with Crippen molar-refractivity contribution in [2.45, 2.75) is 24.1 Å². The summed E-state index contributed by atoms with van der Waals surface area (Å²) in [7, 11) is -2.70. The van der Waals surface area contributed by atoms with Crippen LogP contribution in [0.4, 0.5) is 24.5 Å². The van der Waals surface area contributed by atoms with E-state index in [1.54, 1.807) is 31.2 Å². The van der Waals surface area contributed by atoms with Gasteiger partial charge < -0.3 is 14.8 Å². The van der Waals surface area contributed by atoms with E-state index >= 15 is 0 Å². The van der Waals surface area contributed by atoms with Crippen molar-refractivity contribution >= 4 is 38.9 Å². The van der Waals surface area contributed by atoms with Crippen molar-refractivity contribution in [3.63, 3.8) is 0 Å². The summed E-state index contributed by atoms with van der Waals surface area (Å²) in [6.07, 6.45) is -5.62. The van der Waals surface area contributed by atoms with Gasteiger partial charge in [-0.2, -0.15) is 13.2 Å². The third kappa shape index (κ3) is 6.80. The summed E-state index contributed by atoms with van der Waals surface area (Å²) in [6.45, 7) is 1.54. The van der Waals surface area contributed by atoms with E-state index in [4.69, 9.17) is 21.1 Å². The number of carbonyl (C=O) groups excluding carboxylic acids is 1. The zero-order valence-electron chi connectivity index (χ0n) is 18.4. The number of benzene rings is 3. The Balaban J connectivity index is 1.67. The predicted molar refractivity (Wildman–Crippen MR) is 125 cm³/mol. The minimum absolute atomic E-state index is 0.223. The highest BCUT2D eigenvalue weighted by molar-refractivity contribution is 7.92. The van der Waals surface area contributed by atoms with Crippen LogP contribution >= 0.6 is 11.6 Å². The first kappa shape index (κ1) is 26.2. The van der Waals surface area contributed by atoms with Crippen molar-refractivity contribution in [3.8, 4) is 11.5 Å². The number of hydrogen-bond donors (Lipinski definition) is 2. The molecule has 0 saturated carbocycles. The monoisotopic (exact) mass is 528 g/mol. The van der Waals surface area contributed by atoms with Gasteiger partial charge in [0.25, 0.3) is 15.9 Å². The summed E-state index contributed by atoms with van der Waals surface area (Å²) in [6, 6.07) is 14.5. The Morgan fingerprint density at radius 2 is 1.60 bits per heavy atom. The Morgan fingerprint density at radius 3 is 2.23 bits per heavy atom. The number of sulfonamides is 1. The molecule has 1 amide bonds. The lowest BCUT2D eigenvalue weighted by molar-refractivity contribution is -0.137. The van der Waals surface area contributed by atoms with E-state index in [0.717, 1.165) is 12.1 Å². The molecule has 1 atom stereocenters. The molecule has 3 rings (SSSR count). The van der Waals surface area contributed by atoms with Crippen molar-refractivity contribution in [1.82, 2.24) is 0 Å². The molecular formula is C23H20ClF3N2O5S. The SMILES string of the molecule is COc1cccc(O[C@@H](C)C(=O)Nc2ccc(S(=O)(=O)Nc3ccc(Cl)c(C(F)(F)F)c3)cc2)c1. The number of ether oxygens (including phenoxy) is 2. The minimum Gasteiger partial charge on any atom is -0.497 e. The molecule has 0 heterocycles. The molecule has 0 aromatic heterocycles. The second-order valence-electron chi connectivity index (χ2n) is 7.25. The standard InChI is InChI=1S/C23H20ClF3N2O5S/c1-14(34-18-5-3-4-17(13-18)33-2)22(30)28-15-6-9-19(10-7-15)35(31,32)29-16-8-11-21(24)20(12-16)23(25,26)27/h3-14,29H,1-2H3,(H,28,30)/t14-/m0/s1. The van der Waals surface area contributed by atoms with Gasteiger partial charge in [-0.1, -0.05) is 17.7 Å². The van der Waals surface area contributed by atoms with Gasteiger partial charge in [0.1, 0.15) is 11.5 Å². The fourth-order valence-electron chi connectivity index (χ4n) is 2.91. The van der Waals surface area contributed by atoms with Gasteiger partial charge >= 0.3 is 6.18 Å². The van der Waals surface area contributed by atoms with Crippen LogP contribution in [0.2, 0.25) is 5.02 Å². The number of methoxy groups -OCH3 is 1. The zero-order chi connectivity index (χ0) is 25.8. The molecule has 0 aliphatic heterocycles. The molecule has 0 spiro atoms. The van der Waals surface area contributed by atoms with Crippen LogP contribution in [0.5, 0.6) is 11.5 Å². The van der Waals surface area contributed by atoms with Gasteiger partial charge in [-0.15, -0.1) is 0 Å². The molecule has 12 heteroatoms. The highest BCUT2D eigenvalue weighted by Crippen LogP contribution is 2.36. The molecule has 0 bridgehead atoms. The summed E-state index contributed by atoms with van der Waals surface area (Å²) >= 11 is 5.56. The van der Waals surface area contributed by atoms with E-state index in [0.29, 0.717) is 23.3 Å². The van der Waals surface area contributed by atoms with Gasteiger partial charge in [0, 0.05) is 17.4 Å². The lowest BCUT2D eigenvalue weighted by atomic mass is 10.2. The van der Waals surface area contributed by atoms with Crippen LogP contribution in [0, 0.1) is 0 Å². The van der Waals surface area contributed by atoms with Gasteiger partial charge in [-0.05, 0) is 61.5 Å². The topological polar surface area (TPSA) is 93.7 Å². The molecule has 0 radical (unpaired) electrons. The minimum atomic E-state index is -4.74. The molecule has 3 aromatic rings. The van der Waals surface area contributed by atoms with Crippen LogP contribution in [0.1, 0.15) is 12.5 Å². The quantitative estimate of drug-likeness (QED) is 0.398. The van der Waals surface area contributed by atoms with Crippen molar-refractivity contribution in [3.05, 3.63) is 77.3 Å². The summed E-state index contributed by atoms with van der Waals surface area (Å²) in [5.74, 6) is 0.506. The second-order valence-corrected chi connectivity index (χ2v) is 9.34. The van der Waals surface area contributed by atoms with Crippen molar-refractivity contribution in [1.29, 1.82) is 0 Å². The first-order chi connectivity index (χ1) is 16.4. The van der Waals surface area contributed by atoms with E-state index in [2.05, 4.69) is 10.0 Å². The predicted octanol–water partition coefficient (Wildman–Crippen LogP) is 5.57. The largest absolute Gasteiger partial charge is 0.497 e. The molecule has 0 aliphatic rings. The maximum absolute atomic E-state index is 13.0. The number of halogens is 4. The normalized spacial score (nSPS) is 12.5. The van der Waals surface area contributed by atoms with E-state index in [1.165, 1.54) is 31.4 Å². The summed E-state index contributed by atoms with van der Waals surface area (Å²) in [5.41, 5.74) is -1.17. The highest BCUT2D eigenvalue weighted by Gasteiger charge is 2.33. The number of anilines is 2. The first-order valence-corrected chi connectivity index (χ1v) is 11.9. The molecule has 186 valence electrons. The molecular weight excluding hydrogens is 509 g/mol. The van der Waals surface area contributed by atoms with E-state index in [9.17, 15) is 26.4 Å². The van der Waals surface area contributed by atoms with Crippen LogP contribution in [0.15, 0.2) is 71.6 Å². The third-order valence-electron chi connectivity index (χ3n) is 4.68. The average Bonchev–Trinajstić information content (AvgIpc) is 2.80. The van der Waals surface area contributed by atoms with Crippen molar-refractivity contribution < 1.29 is 35.9 Å². The Bertz CT molecular complexity index is 1320. The van der Waals surface area contributed by atoms with E-state index in [1.807, 2.05) is 0 Å². The molecule has 0 saturated heterocycles. The average molecular weight is 529 g/mol. The summed E-state index contributed by atoms with van der Waals surface area (Å²) < 4.78 is 77.1. The van der Waals surface area contributed by atoms with E-state index < -0.39 is 38.8 Å². The Labute approximate surface area is 204 Å². The number of amides is 1. The summed E-state index contributed by atoms with van der Waals surface area (Å²) in [4.78, 5) is 12.2. The molecule has 7 nitrogen and oxygen atoms in total. The highest BCUT2D eigenvalue weighted by atomic mass is 35.5. The molecule has 2 N–H and O–H groups in total. The number of carbonyl (C=O) groups is 1. The lowest BCUT2D eigenvalue weighted by Gasteiger charge is -2.16. The Morgan fingerprint density at radius 1 is 0.971 bits per heavy atom. The lowest BCUT2D eigenvalue weighted by Crippen LogP contribution is -2.30. The van der Waals surface area contributed by atoms with Gasteiger partial charge in [0.2, 0.25) is 0 Å². The fraction of sp³-hybridized carbons (Fsp3) is 0.174. The zero-order valence-corrected chi connectivity index (χ0v) is 20.0. The number of rotatable bonds is 8. The number of hydrogen-bond acceptors (Lipinski definition) is 5. The maximum Gasteiger partial charge on any atom is 0.417 e. The van der Waals surface area contributed by atoms with Crippen LogP contribution in [-0.4, -0.2) is 27.5 Å². The van der Waals surface area contributed by atoms with Crippen molar-refractivity contribution in [2.24, 2.45) is 0 Å². The van der Waals surface area contributed by atoms with Crippen molar-refractivity contribution in [2.75, 3.05) is 17.1 Å². The Hall–Kier alpha value is -3.44. The summed E-state index contributed by atoms with van der Waals surface area (Å²) in [5, 5.41) is 2.05. The fourth-order valence-corrected chi connectivity index (χ4v) is 4.19. The first-order valence-electron chi connectivity index (χ1n) is 10.0. The Kier molecular flexibility index (Phi) is 7.81. The molecule has 0 unspecified atom stereocenters. The van der Waals surface area contributed by atoms with Gasteiger partial charge in [-0.3, -0.25) is 9.52 Å². The second kappa shape index (κ2) is 10.4. The third-order valence-corrected chi connectivity index (χ3v) is 6.41. The maximum atomic E-state index is 13.0. The van der Waals surface area contributed by atoms with Gasteiger partial charge in [0.05, 0.1) is 22.6 Å². The van der Waals surface area contributed by atoms with Crippen LogP contribution in [0.25, 0.3) is 0 Å². The molecule has 35 heavy (non-hydrogen) atoms. The molecule has 3 aromatic carbocycles.